The van der Waals surface area contributed by atoms with Crippen LogP contribution in [0.3, 0.4) is 0 Å². The molecule has 47 heavy (non-hydrogen) atoms. The van der Waals surface area contributed by atoms with Gasteiger partial charge in [0.25, 0.3) is 0 Å². The van der Waals surface area contributed by atoms with E-state index in [4.69, 9.17) is 42.6 Å². The number of hydrogen-bond donors (Lipinski definition) is 6. The lowest BCUT2D eigenvalue weighted by Crippen LogP contribution is -2.36. The number of aliphatic hydroxyl groups excluding tert-OH is 6. The van der Waals surface area contributed by atoms with Crippen molar-refractivity contribution < 1.29 is 78.1 Å². The Morgan fingerprint density at radius 1 is 0.787 bits per heavy atom. The molecule has 0 bridgehead atoms. The van der Waals surface area contributed by atoms with Gasteiger partial charge in [0, 0.05) is 17.4 Å². The van der Waals surface area contributed by atoms with Crippen LogP contribution in [-0.4, -0.2) is 127 Å². The zero-order valence-electron chi connectivity index (χ0n) is 25.4. The van der Waals surface area contributed by atoms with E-state index in [0.29, 0.717) is 28.9 Å². The van der Waals surface area contributed by atoms with Crippen LogP contribution in [0.1, 0.15) is 22.6 Å². The summed E-state index contributed by atoms with van der Waals surface area (Å²) in [6.45, 7) is -1.05. The molecule has 6 N–H and O–H groups in total. The van der Waals surface area contributed by atoms with Crippen molar-refractivity contribution in [3.8, 4) is 34.5 Å². The molecule has 16 nitrogen and oxygen atoms in total. The van der Waals surface area contributed by atoms with Gasteiger partial charge in [-0.2, -0.15) is 0 Å². The highest BCUT2D eigenvalue weighted by molar-refractivity contribution is 5.79. The Morgan fingerprint density at radius 3 is 1.94 bits per heavy atom. The van der Waals surface area contributed by atoms with Crippen molar-refractivity contribution in [1.29, 1.82) is 0 Å². The summed E-state index contributed by atoms with van der Waals surface area (Å²) in [7, 11) is 2.80. The number of ether oxygens (including phenoxy) is 9. The molecule has 3 saturated heterocycles. The molecule has 0 aromatic heterocycles. The highest BCUT2D eigenvalue weighted by Crippen LogP contribution is 2.56. The van der Waals surface area contributed by atoms with Gasteiger partial charge in [-0.25, -0.2) is 0 Å². The van der Waals surface area contributed by atoms with Gasteiger partial charge in [0.2, 0.25) is 30.9 Å². The first-order valence-electron chi connectivity index (χ1n) is 15.1. The third-order valence-electron chi connectivity index (χ3n) is 9.44. The second kappa shape index (κ2) is 12.4. The van der Waals surface area contributed by atoms with Crippen molar-refractivity contribution in [2.24, 2.45) is 11.8 Å². The Labute approximate surface area is 267 Å². The van der Waals surface area contributed by atoms with E-state index in [0.717, 1.165) is 0 Å². The number of carbonyl (C=O) groups excluding carboxylic acids is 1. The van der Waals surface area contributed by atoms with E-state index in [1.165, 1.54) is 14.2 Å². The molecule has 0 unspecified atom stereocenters. The maximum absolute atomic E-state index is 13.3. The van der Waals surface area contributed by atoms with Gasteiger partial charge < -0.3 is 73.3 Å². The maximum Gasteiger partial charge on any atom is 0.310 e. The smallest absolute Gasteiger partial charge is 0.310 e. The van der Waals surface area contributed by atoms with Crippen LogP contribution in [0, 0.1) is 11.8 Å². The number of hydrogen-bond acceptors (Lipinski definition) is 16. The van der Waals surface area contributed by atoms with E-state index in [9.17, 15) is 35.4 Å². The number of methoxy groups -OCH3 is 2. The first-order chi connectivity index (χ1) is 22.7. The van der Waals surface area contributed by atoms with Crippen molar-refractivity contribution in [3.05, 3.63) is 34.9 Å². The molecule has 16 heteroatoms. The number of fused-ring (bicyclic) bond motifs is 3. The Kier molecular flexibility index (Phi) is 8.46. The van der Waals surface area contributed by atoms with Gasteiger partial charge in [0.05, 0.1) is 40.0 Å². The second-order valence-corrected chi connectivity index (χ2v) is 12.0. The summed E-state index contributed by atoms with van der Waals surface area (Å²) in [4.78, 5) is 13.3. The molecule has 3 fully saturated rings. The average Bonchev–Trinajstić information content (AvgIpc) is 3.83. The van der Waals surface area contributed by atoms with Crippen molar-refractivity contribution in [1.82, 2.24) is 0 Å². The summed E-state index contributed by atoms with van der Waals surface area (Å²) in [6.07, 6.45) is -10.2. The van der Waals surface area contributed by atoms with E-state index in [1.807, 2.05) is 0 Å². The molecule has 2 aromatic carbocycles. The van der Waals surface area contributed by atoms with Gasteiger partial charge in [-0.05, 0) is 35.7 Å². The fourth-order valence-electron chi connectivity index (χ4n) is 7.05. The molecule has 0 radical (unpaired) electrons. The van der Waals surface area contributed by atoms with Gasteiger partial charge in [-0.1, -0.05) is 0 Å². The lowest BCUT2D eigenvalue weighted by molar-refractivity contribution is -0.141. The first-order valence-corrected chi connectivity index (χ1v) is 15.1. The molecule has 5 aliphatic rings. The highest BCUT2D eigenvalue weighted by Gasteiger charge is 2.51. The molecule has 0 spiro atoms. The summed E-state index contributed by atoms with van der Waals surface area (Å²) < 4.78 is 51.6. The molecule has 4 heterocycles. The van der Waals surface area contributed by atoms with Crippen LogP contribution in [-0.2, 0) is 25.4 Å². The Morgan fingerprint density at radius 2 is 1.38 bits per heavy atom. The molecule has 256 valence electrons. The number of carbonyl (C=O) groups is 1. The zero-order valence-corrected chi connectivity index (χ0v) is 25.4. The van der Waals surface area contributed by atoms with Crippen molar-refractivity contribution in [2.75, 3.05) is 40.8 Å². The van der Waals surface area contributed by atoms with Gasteiger partial charge in [-0.15, -0.1) is 0 Å². The maximum atomic E-state index is 13.3. The summed E-state index contributed by atoms with van der Waals surface area (Å²) in [5, 5.41) is 60.8. The third-order valence-corrected chi connectivity index (χ3v) is 9.44. The average molecular weight is 665 g/mol. The lowest BCUT2D eigenvalue weighted by atomic mass is 9.67. The van der Waals surface area contributed by atoms with Gasteiger partial charge in [0.1, 0.15) is 36.6 Å². The normalized spacial score (nSPS) is 35.3. The number of benzene rings is 2. The Bertz CT molecular complexity index is 1490. The Hall–Kier alpha value is -3.61. The van der Waals surface area contributed by atoms with Crippen LogP contribution in [0.15, 0.2) is 18.2 Å². The summed E-state index contributed by atoms with van der Waals surface area (Å²) in [6, 6.07) is 5.06. The standard InChI is InChI=1S/C31H36O16/c1-39-15-4-11(5-16(40-2)27(15)47-31-25(37)23(35)19(8-33)45-31)20-13-6-17-28(43-10-42-17)26(14(13)3-12-9-41-29(38)21(12)20)46-30-24(36)22(34)18(7-32)44-30/h4-6,12,18-25,30-37H,3,7-10H2,1-2H3/t12-,18+,19+,20+,21+,22+,23+,24-,25-,30+,31+/m1/s1. The minimum atomic E-state index is -1.47. The summed E-state index contributed by atoms with van der Waals surface area (Å²) >= 11 is 0. The largest absolute Gasteiger partial charge is 0.493 e. The number of esters is 1. The lowest BCUT2D eigenvalue weighted by Gasteiger charge is -2.35. The van der Waals surface area contributed by atoms with Crippen molar-refractivity contribution in [2.45, 2.75) is 61.5 Å². The minimum absolute atomic E-state index is 0.0502. The highest BCUT2D eigenvalue weighted by atomic mass is 16.7. The molecule has 0 amide bonds. The minimum Gasteiger partial charge on any atom is -0.493 e. The summed E-state index contributed by atoms with van der Waals surface area (Å²) in [5.74, 6) is -0.821. The van der Waals surface area contributed by atoms with Crippen LogP contribution in [0.2, 0.25) is 0 Å². The van der Waals surface area contributed by atoms with Gasteiger partial charge in [-0.3, -0.25) is 4.79 Å². The number of rotatable bonds is 9. The van der Waals surface area contributed by atoms with E-state index in [1.54, 1.807) is 18.2 Å². The zero-order chi connectivity index (χ0) is 33.1. The predicted octanol–water partition coefficient (Wildman–Crippen LogP) is -1.45. The van der Waals surface area contributed by atoms with E-state index >= 15 is 0 Å². The molecule has 0 saturated carbocycles. The van der Waals surface area contributed by atoms with Crippen LogP contribution >= 0.6 is 0 Å². The van der Waals surface area contributed by atoms with Gasteiger partial charge >= 0.3 is 5.97 Å². The van der Waals surface area contributed by atoms with Crippen LogP contribution in [0.25, 0.3) is 0 Å². The fourth-order valence-corrected chi connectivity index (χ4v) is 7.05. The van der Waals surface area contributed by atoms with Crippen LogP contribution in [0.5, 0.6) is 34.5 Å². The molecule has 4 aliphatic heterocycles. The van der Waals surface area contributed by atoms with Crippen molar-refractivity contribution in [3.63, 3.8) is 0 Å². The Balaban J connectivity index is 1.32. The molecule has 11 atom stereocenters. The van der Waals surface area contributed by atoms with Crippen molar-refractivity contribution >= 4 is 5.97 Å². The number of cyclic esters (lactones) is 1. The van der Waals surface area contributed by atoms with Crippen LogP contribution < -0.4 is 28.4 Å². The fraction of sp³-hybridized carbons (Fsp3) is 0.581. The summed E-state index contributed by atoms with van der Waals surface area (Å²) in [5.41, 5.74) is 1.85. The third kappa shape index (κ3) is 5.19. The van der Waals surface area contributed by atoms with Crippen LogP contribution in [0.4, 0.5) is 0 Å². The van der Waals surface area contributed by atoms with Gasteiger partial charge in [0.15, 0.2) is 23.0 Å². The number of aliphatic hydroxyl groups is 6. The molecule has 1 aliphatic carbocycles. The molecular formula is C31H36O16. The first kappa shape index (κ1) is 32.0. The molecule has 7 rings (SSSR count). The second-order valence-electron chi connectivity index (χ2n) is 12.0. The SMILES string of the molecule is COc1cc([C@H]2c3cc4c(c(O[C@@H]5O[C@@H](CO)[C@H](O)[C@H]5O)c3C[C@@H]3COC(=O)[C@@H]32)OCO4)cc(OC)c1O[C@@H]1O[C@@H](CO)[C@H](O)[C@H]1O. The van der Waals surface area contributed by atoms with E-state index < -0.39 is 80.2 Å². The topological polar surface area (TPSA) is 222 Å². The predicted molar refractivity (Wildman–Crippen MR) is 152 cm³/mol. The van der Waals surface area contributed by atoms with E-state index in [-0.39, 0.29) is 48.1 Å². The molecular weight excluding hydrogens is 628 g/mol. The quantitative estimate of drug-likeness (QED) is 0.169. The van der Waals surface area contributed by atoms with E-state index in [2.05, 4.69) is 0 Å². The monoisotopic (exact) mass is 664 g/mol. The molecule has 2 aromatic rings.